The van der Waals surface area contributed by atoms with E-state index in [9.17, 15) is 10.00 Å². The van der Waals surface area contributed by atoms with Gasteiger partial charge in [0.05, 0.1) is 0 Å². The first-order valence-corrected chi connectivity index (χ1v) is 10.2. The molecule has 3 aliphatic heterocycles. The van der Waals surface area contributed by atoms with E-state index in [4.69, 9.17) is 19.5 Å². The van der Waals surface area contributed by atoms with Crippen molar-refractivity contribution in [1.82, 2.24) is 9.97 Å². The van der Waals surface area contributed by atoms with Crippen LogP contribution in [0.2, 0.25) is 0 Å². The number of nitrogen functional groups attached to an aromatic ring is 1. The number of nitrogens with two attached hydrogens (primary N) is 1. The topological polar surface area (TPSA) is 148 Å². The normalized spacial score (nSPS) is 35.5. The van der Waals surface area contributed by atoms with Gasteiger partial charge in [-0.15, -0.1) is 0 Å². The molecule has 1 aromatic rings. The zero-order valence-corrected chi connectivity index (χ0v) is 14.9. The van der Waals surface area contributed by atoms with E-state index in [0.717, 1.165) is 0 Å². The first-order valence-electron chi connectivity index (χ1n) is 7.91. The SMILES string of the molecule is B[PH]1(O)OCC2OC(N3c4ncnc(N)c4NC3N=C=C=C)C(O)[C@@H]2O1. The molecule has 11 nitrogen and oxygen atoms in total. The van der Waals surface area contributed by atoms with E-state index in [2.05, 4.69) is 38.5 Å². The Morgan fingerprint density at radius 1 is 1.54 bits per heavy atom. The number of hydrogen-bond acceptors (Lipinski definition) is 11. The minimum absolute atomic E-state index is 0.123. The summed E-state index contributed by atoms with van der Waals surface area (Å²) in [6, 6.07) is 0. The molecule has 0 bridgehead atoms. The molecule has 0 amide bonds. The molecular weight excluding hydrogens is 362 g/mol. The number of ether oxygens (including phenoxy) is 1. The third-order valence-corrected chi connectivity index (χ3v) is 5.77. The number of nitrogens with zero attached hydrogens (tertiary/aromatic N) is 4. The Bertz CT molecular complexity index is 816. The molecule has 0 aliphatic carbocycles. The molecule has 4 rings (SSSR count). The second-order valence-electron chi connectivity index (χ2n) is 6.15. The van der Waals surface area contributed by atoms with Crippen LogP contribution >= 0.6 is 7.82 Å². The van der Waals surface area contributed by atoms with Crippen molar-refractivity contribution in [2.45, 2.75) is 30.8 Å². The summed E-state index contributed by atoms with van der Waals surface area (Å²) in [5, 5.41) is 13.8. The van der Waals surface area contributed by atoms with E-state index in [1.54, 1.807) is 4.90 Å². The van der Waals surface area contributed by atoms with Crippen molar-refractivity contribution in [2.75, 3.05) is 22.6 Å². The predicted octanol–water partition coefficient (Wildman–Crippen LogP) is -1.88. The summed E-state index contributed by atoms with van der Waals surface area (Å²) in [5.74, 6) is 3.19. The Labute approximate surface area is 150 Å². The van der Waals surface area contributed by atoms with Crippen molar-refractivity contribution in [3.8, 4) is 0 Å². The summed E-state index contributed by atoms with van der Waals surface area (Å²) in [6.07, 6.45) is -2.60. The van der Waals surface area contributed by atoms with Crippen molar-refractivity contribution >= 4 is 38.6 Å². The van der Waals surface area contributed by atoms with Gasteiger partial charge < -0.3 is 0 Å². The molecule has 0 radical (unpaired) electrons. The molecule has 2 fully saturated rings. The summed E-state index contributed by atoms with van der Waals surface area (Å²) < 4.78 is 16.8. The van der Waals surface area contributed by atoms with E-state index < -0.39 is 38.7 Å². The van der Waals surface area contributed by atoms with Crippen LogP contribution in [-0.4, -0.2) is 70.8 Å². The van der Waals surface area contributed by atoms with Gasteiger partial charge in [-0.05, 0) is 0 Å². The van der Waals surface area contributed by atoms with Gasteiger partial charge in [0.15, 0.2) is 0 Å². The third-order valence-electron chi connectivity index (χ3n) is 4.36. The average molecular weight is 380 g/mol. The van der Waals surface area contributed by atoms with Crippen LogP contribution in [0.3, 0.4) is 0 Å². The van der Waals surface area contributed by atoms with E-state index in [1.165, 1.54) is 13.9 Å². The van der Waals surface area contributed by atoms with Gasteiger partial charge in [0.25, 0.3) is 0 Å². The number of rotatable bonds is 2. The van der Waals surface area contributed by atoms with Crippen LogP contribution in [0.15, 0.2) is 23.6 Å². The molecule has 0 saturated carbocycles. The van der Waals surface area contributed by atoms with Gasteiger partial charge >= 0.3 is 149 Å². The molecule has 13 heteroatoms. The van der Waals surface area contributed by atoms with Gasteiger partial charge in [-0.3, -0.25) is 0 Å². The summed E-state index contributed by atoms with van der Waals surface area (Å²) in [4.78, 5) is 24.0. The van der Waals surface area contributed by atoms with E-state index in [0.29, 0.717) is 11.5 Å². The van der Waals surface area contributed by atoms with Crippen molar-refractivity contribution in [3.63, 3.8) is 0 Å². The molecule has 3 aliphatic rings. The van der Waals surface area contributed by atoms with E-state index in [1.807, 2.05) is 0 Å². The number of aliphatic hydroxyl groups is 1. The van der Waals surface area contributed by atoms with E-state index in [-0.39, 0.29) is 12.4 Å². The molecule has 5 N–H and O–H groups in total. The molecule has 2 saturated heterocycles. The van der Waals surface area contributed by atoms with Gasteiger partial charge in [-0.2, -0.15) is 0 Å². The summed E-state index contributed by atoms with van der Waals surface area (Å²) in [5.41, 5.74) is 8.82. The number of hydrogen-bond donors (Lipinski definition) is 4. The summed E-state index contributed by atoms with van der Waals surface area (Å²) in [7, 11) is -1.79. The maximum absolute atomic E-state index is 10.8. The monoisotopic (exact) mass is 380 g/mol. The summed E-state index contributed by atoms with van der Waals surface area (Å²) in [6.45, 7) is 3.55. The van der Waals surface area contributed by atoms with Crippen LogP contribution in [0, 0.1) is 0 Å². The zero-order valence-electron chi connectivity index (χ0n) is 13.9. The minimum atomic E-state index is -3.28. The predicted molar refractivity (Wildman–Crippen MR) is 97.5 cm³/mol. The van der Waals surface area contributed by atoms with Crippen molar-refractivity contribution in [3.05, 3.63) is 18.6 Å². The second-order valence-corrected chi connectivity index (χ2v) is 8.47. The Morgan fingerprint density at radius 3 is 3.12 bits per heavy atom. The van der Waals surface area contributed by atoms with Crippen LogP contribution in [0.4, 0.5) is 17.3 Å². The van der Waals surface area contributed by atoms with Gasteiger partial charge in [0.1, 0.15) is 0 Å². The fraction of sp³-hybridized carbons (Fsp3) is 0.462. The molecule has 5 atom stereocenters. The summed E-state index contributed by atoms with van der Waals surface area (Å²) >= 11 is 0. The number of anilines is 3. The van der Waals surface area contributed by atoms with Crippen LogP contribution < -0.4 is 16.0 Å². The molecule has 4 heterocycles. The van der Waals surface area contributed by atoms with Gasteiger partial charge in [0.2, 0.25) is 0 Å². The standard InChI is InChI=1S/C13H18BN6O5P/c1-2-3-16-13-19-7-10(15)17-5-18-11(7)20(13)12-8(21)9-6(24-12)4-23-26(14,22)25-9/h5-6,8-9,12-13,19,21-22,26H,1,4,14H2,(H2,15,17,18)/t6?,8?,9-,12?,13?/m1/s1. The number of nitrogens with one attached hydrogen (secondary N) is 1. The third kappa shape index (κ3) is 2.79. The Hall–Kier alpha value is -2.00. The number of aromatic nitrogens is 2. The maximum atomic E-state index is 10.8. The average Bonchev–Trinajstić information content (AvgIpc) is 3.11. The van der Waals surface area contributed by atoms with Crippen molar-refractivity contribution in [1.29, 1.82) is 0 Å². The Morgan fingerprint density at radius 2 is 2.35 bits per heavy atom. The molecule has 1 aromatic heterocycles. The van der Waals surface area contributed by atoms with Crippen molar-refractivity contribution in [2.24, 2.45) is 4.99 Å². The molecular formula is C13H18BN6O5P. The molecule has 26 heavy (non-hydrogen) atoms. The Kier molecular flexibility index (Phi) is 4.23. The molecule has 0 aromatic carbocycles. The molecule has 138 valence electrons. The van der Waals surface area contributed by atoms with Gasteiger partial charge in [0, 0.05) is 0 Å². The molecule has 4 unspecified atom stereocenters. The van der Waals surface area contributed by atoms with Gasteiger partial charge in [-0.25, -0.2) is 0 Å². The van der Waals surface area contributed by atoms with Gasteiger partial charge in [-0.1, -0.05) is 0 Å². The van der Waals surface area contributed by atoms with Crippen molar-refractivity contribution < 1.29 is 23.8 Å². The van der Waals surface area contributed by atoms with Crippen LogP contribution in [-0.2, 0) is 13.8 Å². The zero-order chi connectivity index (χ0) is 18.5. The number of aliphatic hydroxyl groups excluding tert-OH is 1. The Balaban J connectivity index is 1.70. The molecule has 0 spiro atoms. The quantitative estimate of drug-likeness (QED) is 0.199. The fourth-order valence-electron chi connectivity index (χ4n) is 3.25. The second kappa shape index (κ2) is 6.31. The van der Waals surface area contributed by atoms with Crippen LogP contribution in [0.5, 0.6) is 0 Å². The first kappa shape index (κ1) is 17.4. The van der Waals surface area contributed by atoms with E-state index >= 15 is 0 Å². The first-order chi connectivity index (χ1) is 12.4. The van der Waals surface area contributed by atoms with Crippen LogP contribution in [0.25, 0.3) is 0 Å². The van der Waals surface area contributed by atoms with Crippen LogP contribution in [0.1, 0.15) is 0 Å². The fourth-order valence-corrected chi connectivity index (χ4v) is 4.59. The number of aliphatic imine (C=N–C) groups is 1. The number of fused-ring (bicyclic) bond motifs is 2.